The number of halogens is 2. The van der Waals surface area contributed by atoms with Gasteiger partial charge in [-0.2, -0.15) is 0 Å². The summed E-state index contributed by atoms with van der Waals surface area (Å²) in [5.74, 6) is -6.32. The summed E-state index contributed by atoms with van der Waals surface area (Å²) < 4.78 is 44.3. The van der Waals surface area contributed by atoms with E-state index in [0.717, 1.165) is 16.8 Å². The highest BCUT2D eigenvalue weighted by atomic mass is 19.1. The number of allylic oxidation sites excluding steroid dienone is 4. The van der Waals surface area contributed by atoms with Gasteiger partial charge in [0.2, 0.25) is 5.91 Å². The number of fused-ring (bicyclic) bond motifs is 6. The monoisotopic (exact) mass is 823 g/mol. The number of nitrogens with zero attached hydrogens (tertiary/aromatic N) is 1. The topological polar surface area (TPSA) is 175 Å². The Morgan fingerprint density at radius 2 is 1.70 bits per heavy atom. The van der Waals surface area contributed by atoms with Crippen LogP contribution in [0, 0.1) is 40.4 Å². The quantitative estimate of drug-likeness (QED) is 0.183. The number of nitrogens with one attached hydrogen (secondary N) is 1. The summed E-state index contributed by atoms with van der Waals surface area (Å²) in [5.41, 5.74) is 3.49. The van der Waals surface area contributed by atoms with E-state index in [9.17, 15) is 29.1 Å². The Balaban J connectivity index is 0.844. The van der Waals surface area contributed by atoms with Crippen molar-refractivity contribution in [3.63, 3.8) is 0 Å². The number of esters is 2. The SMILES string of the molecule is C[C@]12C[C@H](O)[C@@]3(F)[C@@H](C[C@H](F)C4=CC(=O)C=C[C@@]43C)[C@@H]1CC[C@@H]2C(=O)COC(=O)C1CCCC1C(=O)OCc1ccc([C@@H](CN)C(=O)Nc2ccc3cnccc3c2)cc1. The van der Waals surface area contributed by atoms with Crippen LogP contribution in [0.3, 0.4) is 0 Å². The number of aliphatic hydroxyl groups is 1. The Morgan fingerprint density at radius 1 is 0.967 bits per heavy atom. The number of rotatable bonds is 11. The Bertz CT molecular complexity index is 2280. The molecule has 4 N–H and O–H groups in total. The highest BCUT2D eigenvalue weighted by molar-refractivity contribution is 6.01. The summed E-state index contributed by atoms with van der Waals surface area (Å²) in [7, 11) is 0. The van der Waals surface area contributed by atoms with Crippen LogP contribution in [0.4, 0.5) is 14.5 Å². The molecular weight excluding hydrogens is 773 g/mol. The predicted molar refractivity (Wildman–Crippen MR) is 217 cm³/mol. The lowest BCUT2D eigenvalue weighted by Crippen LogP contribution is -2.68. The zero-order valence-corrected chi connectivity index (χ0v) is 33.8. The number of anilines is 1. The maximum atomic E-state index is 17.4. The van der Waals surface area contributed by atoms with Gasteiger partial charge in [-0.1, -0.05) is 49.8 Å². The van der Waals surface area contributed by atoms with Crippen molar-refractivity contribution in [2.24, 2.45) is 46.2 Å². The molecule has 0 saturated heterocycles. The number of benzene rings is 2. The van der Waals surface area contributed by atoms with Crippen LogP contribution in [0.25, 0.3) is 10.8 Å². The molecule has 4 saturated carbocycles. The third-order valence-electron chi connectivity index (χ3n) is 14.7. The molecule has 60 heavy (non-hydrogen) atoms. The maximum Gasteiger partial charge on any atom is 0.310 e. The fraction of sp³-hybridized carbons (Fsp3) is 0.489. The number of nitrogens with two attached hydrogens (primary N) is 1. The van der Waals surface area contributed by atoms with Gasteiger partial charge in [-0.05, 0) is 109 Å². The molecular formula is C47H51F2N3O8. The highest BCUT2D eigenvalue weighted by Crippen LogP contribution is 2.69. The number of hydrogen-bond acceptors (Lipinski definition) is 10. The average Bonchev–Trinajstić information content (AvgIpc) is 3.87. The molecule has 4 fully saturated rings. The van der Waals surface area contributed by atoms with Gasteiger partial charge in [0, 0.05) is 47.3 Å². The minimum atomic E-state index is -2.23. The molecule has 1 heterocycles. The standard InChI is InChI=1S/C47H51F2N3O8/c1-45-21-41(55)47(49)37(20-39(48)38-19-31(53)14-16-46(38,47)2)35(45)12-13-36(45)40(54)25-60-44(58)33-5-3-4-32(33)43(57)59-24-26-6-8-27(9-7-26)34(22-50)42(56)52-30-11-10-29-23-51-17-15-28(29)18-30/h6-11,14-19,23,32-37,39,41,55H,3-5,12-13,20-22,24-25,50H2,1-2H3,(H,52,56)/t32?,33?,34-,35+,36-,37+,39+,41+,45+,46+,47+/m1/s1. The van der Waals surface area contributed by atoms with Crippen molar-refractivity contribution in [1.82, 2.24) is 4.98 Å². The smallest absolute Gasteiger partial charge is 0.310 e. The fourth-order valence-corrected chi connectivity index (χ4v) is 11.5. The van der Waals surface area contributed by atoms with Crippen molar-refractivity contribution >= 4 is 45.9 Å². The molecule has 5 aliphatic carbocycles. The number of carbonyl (C=O) groups excluding carboxylic acids is 5. The zero-order valence-electron chi connectivity index (χ0n) is 33.8. The lowest BCUT2D eigenvalue weighted by atomic mass is 9.45. The molecule has 5 aliphatic rings. The van der Waals surface area contributed by atoms with Crippen LogP contribution < -0.4 is 11.1 Å². The Morgan fingerprint density at radius 3 is 2.43 bits per heavy atom. The molecule has 8 rings (SSSR count). The first-order valence-electron chi connectivity index (χ1n) is 20.9. The van der Waals surface area contributed by atoms with Gasteiger partial charge in [-0.25, -0.2) is 8.78 Å². The number of carbonyl (C=O) groups is 5. The summed E-state index contributed by atoms with van der Waals surface area (Å²) in [6.07, 6.45) is 6.15. The molecule has 11 atom stereocenters. The zero-order chi connectivity index (χ0) is 42.6. The molecule has 1 amide bonds. The molecule has 0 aliphatic heterocycles. The van der Waals surface area contributed by atoms with Gasteiger partial charge in [0.15, 0.2) is 17.2 Å². The Labute approximate surface area is 347 Å². The van der Waals surface area contributed by atoms with Crippen LogP contribution in [0.5, 0.6) is 0 Å². The summed E-state index contributed by atoms with van der Waals surface area (Å²) in [6.45, 7) is 2.88. The summed E-state index contributed by atoms with van der Waals surface area (Å²) in [5, 5.41) is 16.4. The lowest BCUT2D eigenvalue weighted by Gasteiger charge is -2.62. The lowest BCUT2D eigenvalue weighted by molar-refractivity contribution is -0.202. The van der Waals surface area contributed by atoms with Gasteiger partial charge >= 0.3 is 11.9 Å². The Kier molecular flexibility index (Phi) is 11.1. The number of hydrogen-bond donors (Lipinski definition) is 3. The minimum absolute atomic E-state index is 0.0384. The second-order valence-corrected chi connectivity index (χ2v) is 17.9. The van der Waals surface area contributed by atoms with Crippen LogP contribution >= 0.6 is 0 Å². The number of Topliss-reactive ketones (excluding diaryl/α,β-unsaturated/α-hetero) is 1. The average molecular weight is 824 g/mol. The first kappa shape index (κ1) is 41.6. The molecule has 2 aromatic carbocycles. The van der Waals surface area contributed by atoms with E-state index >= 15 is 8.78 Å². The number of alkyl halides is 2. The van der Waals surface area contributed by atoms with Gasteiger partial charge < -0.3 is 25.6 Å². The van der Waals surface area contributed by atoms with Gasteiger partial charge in [0.25, 0.3) is 0 Å². The molecule has 2 unspecified atom stereocenters. The van der Waals surface area contributed by atoms with Crippen LogP contribution in [0.1, 0.15) is 75.8 Å². The minimum Gasteiger partial charge on any atom is -0.461 e. The van der Waals surface area contributed by atoms with Crippen molar-refractivity contribution < 1.29 is 47.3 Å². The van der Waals surface area contributed by atoms with Gasteiger partial charge in [0.05, 0.1) is 23.9 Å². The number of ether oxygens (including phenoxy) is 2. The third kappa shape index (κ3) is 7.06. The number of ketones is 2. The summed E-state index contributed by atoms with van der Waals surface area (Å²) in [4.78, 5) is 69.9. The molecule has 0 bridgehead atoms. The third-order valence-corrected chi connectivity index (χ3v) is 14.7. The van der Waals surface area contributed by atoms with Crippen molar-refractivity contribution in [1.29, 1.82) is 0 Å². The van der Waals surface area contributed by atoms with E-state index in [1.165, 1.54) is 12.2 Å². The van der Waals surface area contributed by atoms with Crippen molar-refractivity contribution in [2.45, 2.75) is 89.3 Å². The molecule has 0 radical (unpaired) electrons. The van der Waals surface area contributed by atoms with E-state index in [0.29, 0.717) is 48.9 Å². The number of aliphatic hydroxyl groups excluding tert-OH is 1. The van der Waals surface area contributed by atoms with E-state index < -0.39 is 88.6 Å². The number of aromatic nitrogens is 1. The van der Waals surface area contributed by atoms with Crippen molar-refractivity contribution in [3.8, 4) is 0 Å². The van der Waals surface area contributed by atoms with E-state index in [2.05, 4.69) is 10.3 Å². The van der Waals surface area contributed by atoms with E-state index in [1.807, 2.05) is 31.2 Å². The largest absolute Gasteiger partial charge is 0.461 e. The summed E-state index contributed by atoms with van der Waals surface area (Å²) >= 11 is 0. The molecule has 0 spiro atoms. The normalized spacial score (nSPS) is 33.5. The number of amides is 1. The first-order valence-corrected chi connectivity index (χ1v) is 20.9. The van der Waals surface area contributed by atoms with Crippen molar-refractivity contribution in [3.05, 3.63) is 95.9 Å². The van der Waals surface area contributed by atoms with Crippen LogP contribution in [0.2, 0.25) is 0 Å². The van der Waals surface area contributed by atoms with Gasteiger partial charge in [-0.3, -0.25) is 29.0 Å². The van der Waals surface area contributed by atoms with Crippen LogP contribution in [0.15, 0.2) is 84.7 Å². The highest BCUT2D eigenvalue weighted by Gasteiger charge is 2.72. The van der Waals surface area contributed by atoms with E-state index in [1.54, 1.807) is 43.6 Å². The second-order valence-electron chi connectivity index (χ2n) is 17.9. The predicted octanol–water partition coefficient (Wildman–Crippen LogP) is 6.42. The van der Waals surface area contributed by atoms with Gasteiger partial charge in [0.1, 0.15) is 19.4 Å². The number of pyridine rings is 1. The Hall–Kier alpha value is -5.14. The second kappa shape index (κ2) is 16.0. The molecule has 1 aromatic heterocycles. The van der Waals surface area contributed by atoms with E-state index in [-0.39, 0.29) is 43.3 Å². The van der Waals surface area contributed by atoms with Gasteiger partial charge in [-0.15, -0.1) is 0 Å². The van der Waals surface area contributed by atoms with Crippen LogP contribution in [-0.2, 0) is 40.1 Å². The molecule has 316 valence electrons. The fourth-order valence-electron chi connectivity index (χ4n) is 11.5. The van der Waals surface area contributed by atoms with E-state index in [4.69, 9.17) is 15.2 Å². The summed E-state index contributed by atoms with van der Waals surface area (Å²) in [6, 6.07) is 14.5. The molecule has 13 heteroatoms. The maximum absolute atomic E-state index is 17.4. The molecule has 3 aromatic rings. The van der Waals surface area contributed by atoms with Crippen molar-refractivity contribution in [2.75, 3.05) is 18.5 Å². The first-order chi connectivity index (χ1) is 28.7. The van der Waals surface area contributed by atoms with Crippen LogP contribution in [-0.4, -0.2) is 70.6 Å². The molecule has 11 nitrogen and oxygen atoms in total.